The Balaban J connectivity index is 0.000000111. The molecule has 552 valence electrons. The normalized spacial score (nSPS) is 10.9. The summed E-state index contributed by atoms with van der Waals surface area (Å²) in [7, 11) is 0. The van der Waals surface area contributed by atoms with Gasteiger partial charge >= 0.3 is 0 Å². The van der Waals surface area contributed by atoms with E-state index in [2.05, 4.69) is 333 Å². The minimum atomic E-state index is 0.781. The van der Waals surface area contributed by atoms with Crippen molar-refractivity contribution in [3.05, 3.63) is 436 Å². The number of rotatable bonds is 12. The Morgan fingerprint density at radius 1 is 0.147 bits per heavy atom. The van der Waals surface area contributed by atoms with Crippen LogP contribution >= 0.6 is 0 Å². The lowest BCUT2D eigenvalue weighted by Crippen LogP contribution is -1.96. The van der Waals surface area contributed by atoms with Crippen molar-refractivity contribution in [3.63, 3.8) is 0 Å². The molecule has 4 aromatic heterocycles. The second-order valence-corrected chi connectivity index (χ2v) is 28.6. The molecule has 4 heterocycles. The van der Waals surface area contributed by atoms with Gasteiger partial charge in [0.2, 0.25) is 0 Å². The average Bonchev–Trinajstić information content (AvgIpc) is 0.775. The van der Waals surface area contributed by atoms with Crippen LogP contribution in [0.15, 0.2) is 413 Å². The maximum atomic E-state index is 4.83. The molecule has 0 saturated carbocycles. The second-order valence-electron chi connectivity index (χ2n) is 28.6. The van der Waals surface area contributed by atoms with Gasteiger partial charge in [0.05, 0.1) is 44.8 Å². The van der Waals surface area contributed by atoms with E-state index >= 15 is 0 Å². The van der Waals surface area contributed by atoms with E-state index in [0.717, 1.165) is 134 Å². The number of para-hydroxylation sites is 1. The Hall–Kier alpha value is -15.1. The summed E-state index contributed by atoms with van der Waals surface area (Å²) in [6, 6.07) is 143. The summed E-state index contributed by atoms with van der Waals surface area (Å²) in [4.78, 5) is 38.0. The van der Waals surface area contributed by atoms with Crippen molar-refractivity contribution < 1.29 is 0 Å². The molecular formula is C108H80N8. The molecule has 0 radical (unpaired) electrons. The first kappa shape index (κ1) is 73.7. The molecule has 0 aliphatic heterocycles. The summed E-state index contributed by atoms with van der Waals surface area (Å²) in [5.74, 6) is 3.14. The molecule has 0 spiro atoms. The van der Waals surface area contributed by atoms with Crippen molar-refractivity contribution in [1.29, 1.82) is 0 Å². The molecule has 20 aromatic rings. The van der Waals surface area contributed by atoms with Crippen molar-refractivity contribution in [2.24, 2.45) is 0 Å². The number of hydrogen-bond acceptors (Lipinski definition) is 8. The Kier molecular flexibility index (Phi) is 21.7. The highest BCUT2D eigenvalue weighted by molar-refractivity contribution is 6.05. The van der Waals surface area contributed by atoms with E-state index in [0.29, 0.717) is 0 Å². The minimum Gasteiger partial charge on any atom is -0.233 e. The van der Waals surface area contributed by atoms with Gasteiger partial charge in [-0.2, -0.15) is 0 Å². The first-order valence-corrected chi connectivity index (χ1v) is 39.1. The van der Waals surface area contributed by atoms with Crippen LogP contribution in [0.4, 0.5) is 0 Å². The van der Waals surface area contributed by atoms with E-state index in [-0.39, 0.29) is 0 Å². The topological polar surface area (TPSA) is 103 Å². The van der Waals surface area contributed by atoms with Gasteiger partial charge in [-0.15, -0.1) is 0 Å². The number of nitrogens with zero attached hydrogens (tertiary/aromatic N) is 8. The van der Waals surface area contributed by atoms with Gasteiger partial charge in [-0.25, -0.2) is 39.9 Å². The van der Waals surface area contributed by atoms with Crippen molar-refractivity contribution in [2.75, 3.05) is 0 Å². The van der Waals surface area contributed by atoms with Crippen LogP contribution in [0.1, 0.15) is 23.3 Å². The summed E-state index contributed by atoms with van der Waals surface area (Å²) in [6.45, 7) is 7.81. The average molecular weight is 1490 g/mol. The monoisotopic (exact) mass is 1490 g/mol. The molecule has 0 aliphatic carbocycles. The van der Waals surface area contributed by atoms with Crippen LogP contribution in [0, 0.1) is 27.7 Å². The Bertz CT molecular complexity index is 6770. The maximum absolute atomic E-state index is 4.83. The molecule has 0 aliphatic rings. The molecule has 16 aromatic carbocycles. The van der Waals surface area contributed by atoms with Gasteiger partial charge in [0.15, 0.2) is 0 Å². The van der Waals surface area contributed by atoms with Crippen LogP contribution in [0.3, 0.4) is 0 Å². The smallest absolute Gasteiger partial charge is 0.126 e. The summed E-state index contributed by atoms with van der Waals surface area (Å²) >= 11 is 0. The first-order chi connectivity index (χ1) is 57.1. The maximum Gasteiger partial charge on any atom is 0.126 e. The highest BCUT2D eigenvalue weighted by atomic mass is 14.9. The van der Waals surface area contributed by atoms with Gasteiger partial charge in [-0.1, -0.05) is 358 Å². The summed E-state index contributed by atoms with van der Waals surface area (Å²) in [5.41, 5.74) is 31.3. The highest BCUT2D eigenvalue weighted by Gasteiger charge is 2.18. The van der Waals surface area contributed by atoms with E-state index in [4.69, 9.17) is 34.9 Å². The van der Waals surface area contributed by atoms with Crippen LogP contribution in [-0.2, 0) is 0 Å². The third-order valence-electron chi connectivity index (χ3n) is 20.6. The lowest BCUT2D eigenvalue weighted by atomic mass is 9.94. The lowest BCUT2D eigenvalue weighted by molar-refractivity contribution is 1.10. The fourth-order valence-electron chi connectivity index (χ4n) is 15.2. The number of hydrogen-bond donors (Lipinski definition) is 0. The fourth-order valence-corrected chi connectivity index (χ4v) is 15.2. The summed E-state index contributed by atoms with van der Waals surface area (Å²) in [6.07, 6.45) is 0. The molecule has 8 nitrogen and oxygen atoms in total. The minimum absolute atomic E-state index is 0.781. The predicted molar refractivity (Wildman–Crippen MR) is 482 cm³/mol. The quantitative estimate of drug-likeness (QED) is 0.119. The van der Waals surface area contributed by atoms with E-state index < -0.39 is 0 Å². The first-order valence-electron chi connectivity index (χ1n) is 39.1. The molecule has 0 unspecified atom stereocenters. The number of benzene rings is 16. The van der Waals surface area contributed by atoms with Crippen LogP contribution in [0.25, 0.3) is 178 Å². The highest BCUT2D eigenvalue weighted by Crippen LogP contribution is 2.40. The standard InChI is InChI=1S/4C27H20N2/c1-19-28-25-17-9-16-24(26(25)27(29-19)21-12-6-3-7-13-21)23-15-8-14-22(18-23)20-10-4-2-5-11-20;1-19-28-26(21-12-6-3-7-13-21)25-17-9-16-24(27(25)29-19)23-15-8-14-22(18-23)20-10-4-2-5-11-20;1-19-28-26-16-15-24(18-25(26)27(29-19)21-11-6-3-7-12-21)23-14-8-13-22(17-23)20-9-4-2-5-10-20;1-19-28-26-18-24(15-16-25(26)27(29-19)21-11-6-3-7-12-21)23-14-8-13-22(17-23)20-9-4-2-5-10-20/h4*2-18H,1H3. The zero-order valence-corrected chi connectivity index (χ0v) is 64.8. The van der Waals surface area contributed by atoms with E-state index in [9.17, 15) is 0 Å². The van der Waals surface area contributed by atoms with Crippen LogP contribution in [0.2, 0.25) is 0 Å². The molecule has 0 atom stereocenters. The van der Waals surface area contributed by atoms with E-state index in [1.807, 2.05) is 113 Å². The van der Waals surface area contributed by atoms with Crippen molar-refractivity contribution in [1.82, 2.24) is 39.9 Å². The molecular weight excluding hydrogens is 1410 g/mol. The van der Waals surface area contributed by atoms with Crippen molar-refractivity contribution in [2.45, 2.75) is 27.7 Å². The lowest BCUT2D eigenvalue weighted by Gasteiger charge is -2.13. The molecule has 0 bridgehead atoms. The number of aromatic nitrogens is 8. The number of fused-ring (bicyclic) bond motifs is 4. The summed E-state index contributed by atoms with van der Waals surface area (Å²) in [5, 5.41) is 4.31. The van der Waals surface area contributed by atoms with Gasteiger partial charge in [0.1, 0.15) is 23.3 Å². The van der Waals surface area contributed by atoms with Gasteiger partial charge in [-0.3, -0.25) is 0 Å². The zero-order valence-electron chi connectivity index (χ0n) is 64.8. The summed E-state index contributed by atoms with van der Waals surface area (Å²) < 4.78 is 0. The zero-order chi connectivity index (χ0) is 78.5. The van der Waals surface area contributed by atoms with E-state index in [1.165, 1.54) is 66.8 Å². The van der Waals surface area contributed by atoms with Crippen LogP contribution < -0.4 is 0 Å². The van der Waals surface area contributed by atoms with Gasteiger partial charge in [0, 0.05) is 49.4 Å². The third-order valence-corrected chi connectivity index (χ3v) is 20.6. The Labute approximate surface area is 676 Å². The van der Waals surface area contributed by atoms with Crippen LogP contribution in [0.5, 0.6) is 0 Å². The number of aryl methyl sites for hydroxylation is 4. The molecule has 0 amide bonds. The van der Waals surface area contributed by atoms with Crippen LogP contribution in [-0.4, -0.2) is 39.9 Å². The largest absolute Gasteiger partial charge is 0.233 e. The molecule has 20 rings (SSSR count). The van der Waals surface area contributed by atoms with Gasteiger partial charge < -0.3 is 0 Å². The van der Waals surface area contributed by atoms with Crippen molar-refractivity contribution >= 4 is 43.6 Å². The van der Waals surface area contributed by atoms with Gasteiger partial charge in [0.25, 0.3) is 0 Å². The second kappa shape index (κ2) is 34.2. The third kappa shape index (κ3) is 16.6. The van der Waals surface area contributed by atoms with Gasteiger partial charge in [-0.05, 0) is 166 Å². The Morgan fingerprint density at radius 3 is 0.879 bits per heavy atom. The Morgan fingerprint density at radius 2 is 0.431 bits per heavy atom. The molecule has 0 fully saturated rings. The molecule has 8 heteroatoms. The molecule has 0 saturated heterocycles. The fraction of sp³-hybridized carbons (Fsp3) is 0.0370. The predicted octanol–water partition coefficient (Wildman–Crippen LogP) is 27.8. The van der Waals surface area contributed by atoms with E-state index in [1.54, 1.807) is 0 Å². The molecule has 116 heavy (non-hydrogen) atoms. The molecule has 0 N–H and O–H groups in total. The SMILES string of the molecule is Cc1nc(-c2ccccc2)c2c(-c3cccc(-c4ccccc4)c3)cccc2n1.Cc1nc(-c2ccccc2)c2cc(-c3cccc(-c4ccccc4)c3)ccc2n1.Cc1nc(-c2ccccc2)c2ccc(-c3cccc(-c4ccccc4)c3)cc2n1.Cc1nc(-c2ccccc2)c2cccc(-c3cccc(-c4ccccc4)c3)c2n1. The van der Waals surface area contributed by atoms with Crippen molar-refractivity contribution in [3.8, 4) is 134 Å².